The van der Waals surface area contributed by atoms with Crippen LogP contribution in [0.5, 0.6) is 0 Å². The minimum Gasteiger partial charge on any atom is -0.394 e. The fourth-order valence-corrected chi connectivity index (χ4v) is 1.24. The Bertz CT molecular complexity index is 384. The third-order valence-corrected chi connectivity index (χ3v) is 1.98. The van der Waals surface area contributed by atoms with Crippen LogP contribution in [-0.2, 0) is 4.74 Å². The van der Waals surface area contributed by atoms with Crippen LogP contribution in [0.1, 0.15) is 5.56 Å². The van der Waals surface area contributed by atoms with Crippen LogP contribution in [0, 0.1) is 17.0 Å². The molecule has 0 spiro atoms. The molecule has 0 aromatic carbocycles. The lowest BCUT2D eigenvalue weighted by molar-refractivity contribution is -0.384. The Hall–Kier alpha value is -1.73. The molecular formula is C10H15N3O4. The Morgan fingerprint density at radius 3 is 3.00 bits per heavy atom. The average molecular weight is 241 g/mol. The van der Waals surface area contributed by atoms with Crippen molar-refractivity contribution in [2.75, 3.05) is 31.7 Å². The van der Waals surface area contributed by atoms with Gasteiger partial charge in [0, 0.05) is 18.8 Å². The number of aliphatic hydroxyl groups excluding tert-OH is 1. The average Bonchev–Trinajstić information content (AvgIpc) is 2.30. The fraction of sp³-hybridized carbons (Fsp3) is 0.500. The molecule has 17 heavy (non-hydrogen) atoms. The molecule has 0 aliphatic heterocycles. The van der Waals surface area contributed by atoms with E-state index >= 15 is 0 Å². The van der Waals surface area contributed by atoms with Gasteiger partial charge in [-0.2, -0.15) is 0 Å². The summed E-state index contributed by atoms with van der Waals surface area (Å²) >= 11 is 0. The fourth-order valence-electron chi connectivity index (χ4n) is 1.24. The Morgan fingerprint density at radius 2 is 2.35 bits per heavy atom. The number of nitrogens with one attached hydrogen (secondary N) is 1. The zero-order valence-corrected chi connectivity index (χ0v) is 9.55. The van der Waals surface area contributed by atoms with Gasteiger partial charge in [0.2, 0.25) is 5.82 Å². The predicted octanol–water partition coefficient (Wildman–Crippen LogP) is 0.719. The molecular weight excluding hydrogens is 226 g/mol. The quantitative estimate of drug-likeness (QED) is 0.414. The summed E-state index contributed by atoms with van der Waals surface area (Å²) < 4.78 is 5.02. The molecule has 0 aliphatic carbocycles. The largest absolute Gasteiger partial charge is 0.394 e. The van der Waals surface area contributed by atoms with E-state index < -0.39 is 4.92 Å². The second kappa shape index (κ2) is 6.77. The van der Waals surface area contributed by atoms with Gasteiger partial charge in [0.1, 0.15) is 0 Å². The molecule has 1 aromatic rings. The molecule has 0 saturated heterocycles. The lowest BCUT2D eigenvalue weighted by atomic mass is 10.3. The standard InChI is InChI=1S/C10H15N3O4/c1-8-6-9(13(15)16)10(12-7-8)11-2-4-17-5-3-14/h6-7,14H,2-5H2,1H3,(H,11,12). The second-order valence-electron chi connectivity index (χ2n) is 3.40. The SMILES string of the molecule is Cc1cnc(NCCOCCO)c([N+](=O)[O-])c1. The summed E-state index contributed by atoms with van der Waals surface area (Å²) in [6.07, 6.45) is 1.56. The maximum atomic E-state index is 10.8. The summed E-state index contributed by atoms with van der Waals surface area (Å²) in [7, 11) is 0. The molecule has 0 fully saturated rings. The van der Waals surface area contributed by atoms with E-state index in [-0.39, 0.29) is 24.7 Å². The molecule has 94 valence electrons. The lowest BCUT2D eigenvalue weighted by Crippen LogP contribution is -2.13. The molecule has 1 heterocycles. The first-order valence-corrected chi connectivity index (χ1v) is 5.18. The second-order valence-corrected chi connectivity index (χ2v) is 3.40. The number of nitrogens with zero attached hydrogens (tertiary/aromatic N) is 2. The first kappa shape index (κ1) is 13.3. The molecule has 2 N–H and O–H groups in total. The van der Waals surface area contributed by atoms with Gasteiger partial charge < -0.3 is 15.2 Å². The van der Waals surface area contributed by atoms with Crippen LogP contribution in [0.25, 0.3) is 0 Å². The van der Waals surface area contributed by atoms with Crippen molar-refractivity contribution in [3.8, 4) is 0 Å². The predicted molar refractivity (Wildman–Crippen MR) is 62.0 cm³/mol. The van der Waals surface area contributed by atoms with E-state index in [2.05, 4.69) is 10.3 Å². The molecule has 0 unspecified atom stereocenters. The molecule has 0 bridgehead atoms. The number of rotatable bonds is 7. The highest BCUT2D eigenvalue weighted by atomic mass is 16.6. The number of aliphatic hydroxyl groups is 1. The number of aryl methyl sites for hydroxylation is 1. The van der Waals surface area contributed by atoms with Crippen LogP contribution < -0.4 is 5.32 Å². The molecule has 0 saturated carbocycles. The van der Waals surface area contributed by atoms with Crippen LogP contribution >= 0.6 is 0 Å². The van der Waals surface area contributed by atoms with Crippen LogP contribution in [0.3, 0.4) is 0 Å². The van der Waals surface area contributed by atoms with Crippen molar-refractivity contribution in [2.24, 2.45) is 0 Å². The van der Waals surface area contributed by atoms with E-state index in [0.29, 0.717) is 13.2 Å². The highest BCUT2D eigenvalue weighted by Gasteiger charge is 2.14. The third kappa shape index (κ3) is 4.33. The third-order valence-electron chi connectivity index (χ3n) is 1.98. The van der Waals surface area contributed by atoms with Gasteiger partial charge in [0.25, 0.3) is 0 Å². The molecule has 0 amide bonds. The van der Waals surface area contributed by atoms with E-state index in [4.69, 9.17) is 9.84 Å². The topological polar surface area (TPSA) is 97.5 Å². The molecule has 0 atom stereocenters. The Labute approximate surface area is 98.6 Å². The summed E-state index contributed by atoms with van der Waals surface area (Å²) in [6.45, 7) is 2.71. The number of anilines is 1. The van der Waals surface area contributed by atoms with Gasteiger partial charge in [-0.15, -0.1) is 0 Å². The van der Waals surface area contributed by atoms with Crippen LogP contribution in [-0.4, -0.2) is 41.4 Å². The summed E-state index contributed by atoms with van der Waals surface area (Å²) in [4.78, 5) is 14.3. The lowest BCUT2D eigenvalue weighted by Gasteiger charge is -2.06. The number of nitro groups is 1. The summed E-state index contributed by atoms with van der Waals surface area (Å²) in [5.74, 6) is 0.230. The van der Waals surface area contributed by atoms with Gasteiger partial charge in [-0.05, 0) is 12.5 Å². The molecule has 7 heteroatoms. The Morgan fingerprint density at radius 1 is 1.59 bits per heavy atom. The highest BCUT2D eigenvalue weighted by molar-refractivity contribution is 5.56. The van der Waals surface area contributed by atoms with E-state index in [1.54, 1.807) is 13.1 Å². The number of pyridine rings is 1. The van der Waals surface area contributed by atoms with E-state index in [0.717, 1.165) is 5.56 Å². The van der Waals surface area contributed by atoms with Crippen molar-refractivity contribution in [3.05, 3.63) is 27.9 Å². The van der Waals surface area contributed by atoms with E-state index in [1.165, 1.54) is 6.07 Å². The number of hydrogen-bond donors (Lipinski definition) is 2. The van der Waals surface area contributed by atoms with Gasteiger partial charge in [-0.3, -0.25) is 10.1 Å². The van der Waals surface area contributed by atoms with Gasteiger partial charge in [0.05, 0.1) is 24.7 Å². The first-order valence-electron chi connectivity index (χ1n) is 5.18. The summed E-state index contributed by atoms with van der Waals surface area (Å²) in [5, 5.41) is 22.1. The summed E-state index contributed by atoms with van der Waals surface area (Å²) in [6, 6.07) is 1.46. The van der Waals surface area contributed by atoms with Gasteiger partial charge in [-0.25, -0.2) is 4.98 Å². The smallest absolute Gasteiger partial charge is 0.311 e. The van der Waals surface area contributed by atoms with Crippen molar-refractivity contribution < 1.29 is 14.8 Å². The van der Waals surface area contributed by atoms with E-state index in [9.17, 15) is 10.1 Å². The maximum Gasteiger partial charge on any atom is 0.311 e. The van der Waals surface area contributed by atoms with Crippen LogP contribution in [0.15, 0.2) is 12.3 Å². The van der Waals surface area contributed by atoms with Crippen LogP contribution in [0.2, 0.25) is 0 Å². The van der Waals surface area contributed by atoms with Crippen molar-refractivity contribution in [1.29, 1.82) is 0 Å². The maximum absolute atomic E-state index is 10.8. The van der Waals surface area contributed by atoms with Gasteiger partial charge >= 0.3 is 5.69 Å². The zero-order chi connectivity index (χ0) is 12.7. The van der Waals surface area contributed by atoms with E-state index in [1.807, 2.05) is 0 Å². The number of hydrogen-bond acceptors (Lipinski definition) is 6. The minimum atomic E-state index is -0.475. The normalized spacial score (nSPS) is 10.2. The Balaban J connectivity index is 2.55. The number of aromatic nitrogens is 1. The molecule has 1 aromatic heterocycles. The van der Waals surface area contributed by atoms with Crippen molar-refractivity contribution >= 4 is 11.5 Å². The van der Waals surface area contributed by atoms with Gasteiger partial charge in [0.15, 0.2) is 0 Å². The van der Waals surface area contributed by atoms with Crippen LogP contribution in [0.4, 0.5) is 11.5 Å². The van der Waals surface area contributed by atoms with Gasteiger partial charge in [-0.1, -0.05) is 0 Å². The molecule has 0 aliphatic rings. The zero-order valence-electron chi connectivity index (χ0n) is 9.55. The Kier molecular flexibility index (Phi) is 5.31. The summed E-state index contributed by atoms with van der Waals surface area (Å²) in [5.41, 5.74) is 0.686. The molecule has 0 radical (unpaired) electrons. The first-order chi connectivity index (χ1) is 8.15. The van der Waals surface area contributed by atoms with Crippen molar-refractivity contribution in [3.63, 3.8) is 0 Å². The number of ether oxygens (including phenoxy) is 1. The minimum absolute atomic E-state index is 0.0388. The highest BCUT2D eigenvalue weighted by Crippen LogP contribution is 2.21. The monoisotopic (exact) mass is 241 g/mol. The van der Waals surface area contributed by atoms with Crippen molar-refractivity contribution in [2.45, 2.75) is 6.92 Å². The van der Waals surface area contributed by atoms with Crippen molar-refractivity contribution in [1.82, 2.24) is 4.98 Å². The molecule has 1 rings (SSSR count). The molecule has 7 nitrogen and oxygen atoms in total.